The molecule has 0 fully saturated rings. The Morgan fingerprint density at radius 2 is 2.12 bits per heavy atom. The largest absolute Gasteiger partial charge is 0.320 e. The van der Waals surface area contributed by atoms with Crippen LogP contribution in [0, 0.1) is 10.1 Å². The van der Waals surface area contributed by atoms with E-state index >= 15 is 0 Å². The summed E-state index contributed by atoms with van der Waals surface area (Å²) in [6.45, 7) is 1.27. The number of pyridine rings is 2. The lowest BCUT2D eigenvalue weighted by Gasteiger charge is -2.09. The van der Waals surface area contributed by atoms with Crippen LogP contribution in [0.15, 0.2) is 42.6 Å². The minimum atomic E-state index is -0.563. The predicted octanol–water partition coefficient (Wildman–Crippen LogP) is 3.74. The SMILES string of the molecule is CC(=O)Nc1cc(Cl)nc(Cc2ccc3ncccc3c2)c1[N+](=O)[O-]. The molecule has 126 valence electrons. The molecule has 2 aromatic heterocycles. The highest BCUT2D eigenvalue weighted by Crippen LogP contribution is 2.32. The van der Waals surface area contributed by atoms with Gasteiger partial charge in [-0.15, -0.1) is 0 Å². The van der Waals surface area contributed by atoms with E-state index < -0.39 is 10.8 Å². The summed E-state index contributed by atoms with van der Waals surface area (Å²) in [5.74, 6) is -0.423. The summed E-state index contributed by atoms with van der Waals surface area (Å²) in [6, 6.07) is 10.6. The maximum Gasteiger partial charge on any atom is 0.314 e. The Bertz CT molecular complexity index is 991. The van der Waals surface area contributed by atoms with Crippen LogP contribution in [0.4, 0.5) is 11.4 Å². The maximum atomic E-state index is 11.5. The zero-order valence-electron chi connectivity index (χ0n) is 13.2. The lowest BCUT2D eigenvalue weighted by atomic mass is 10.0. The van der Waals surface area contributed by atoms with E-state index in [4.69, 9.17) is 11.6 Å². The topological polar surface area (TPSA) is 98.0 Å². The van der Waals surface area contributed by atoms with Crippen LogP contribution in [-0.4, -0.2) is 20.8 Å². The molecule has 1 N–H and O–H groups in total. The van der Waals surface area contributed by atoms with E-state index in [1.165, 1.54) is 13.0 Å². The lowest BCUT2D eigenvalue weighted by molar-refractivity contribution is -0.384. The third kappa shape index (κ3) is 3.72. The average molecular weight is 357 g/mol. The van der Waals surface area contributed by atoms with E-state index in [1.54, 1.807) is 6.20 Å². The van der Waals surface area contributed by atoms with Crippen LogP contribution in [-0.2, 0) is 11.2 Å². The van der Waals surface area contributed by atoms with Crippen LogP contribution >= 0.6 is 11.6 Å². The zero-order chi connectivity index (χ0) is 18.0. The molecule has 0 atom stereocenters. The summed E-state index contributed by atoms with van der Waals surface area (Å²) in [6.07, 6.45) is 1.90. The van der Waals surface area contributed by atoms with Crippen molar-refractivity contribution in [2.24, 2.45) is 0 Å². The second-order valence-electron chi connectivity index (χ2n) is 5.43. The van der Waals surface area contributed by atoms with Crippen molar-refractivity contribution in [3.8, 4) is 0 Å². The molecule has 1 aromatic carbocycles. The van der Waals surface area contributed by atoms with Gasteiger partial charge in [-0.1, -0.05) is 23.7 Å². The number of nitrogens with one attached hydrogen (secondary N) is 1. The van der Waals surface area contributed by atoms with Crippen molar-refractivity contribution in [1.82, 2.24) is 9.97 Å². The molecule has 0 bridgehead atoms. The van der Waals surface area contributed by atoms with Gasteiger partial charge >= 0.3 is 5.69 Å². The number of rotatable bonds is 4. The van der Waals surface area contributed by atoms with Gasteiger partial charge in [-0.3, -0.25) is 19.9 Å². The number of halogens is 1. The minimum absolute atomic E-state index is 0.0370. The molecule has 7 nitrogen and oxygen atoms in total. The second kappa shape index (κ2) is 6.82. The number of fused-ring (bicyclic) bond motifs is 1. The molecule has 3 rings (SSSR count). The summed E-state index contributed by atoms with van der Waals surface area (Å²) in [7, 11) is 0. The molecule has 0 radical (unpaired) electrons. The van der Waals surface area contributed by atoms with Gasteiger partial charge in [-0.05, 0) is 23.8 Å². The van der Waals surface area contributed by atoms with Gasteiger partial charge in [0.25, 0.3) is 0 Å². The van der Waals surface area contributed by atoms with E-state index in [0.717, 1.165) is 16.5 Å². The molecular weight excluding hydrogens is 344 g/mol. The third-order valence-electron chi connectivity index (χ3n) is 3.57. The van der Waals surface area contributed by atoms with Crippen LogP contribution < -0.4 is 5.32 Å². The van der Waals surface area contributed by atoms with Gasteiger partial charge in [0.05, 0.1) is 10.4 Å². The second-order valence-corrected chi connectivity index (χ2v) is 5.82. The molecule has 0 aliphatic rings. The Morgan fingerprint density at radius 1 is 1.32 bits per heavy atom. The molecule has 0 saturated heterocycles. The average Bonchev–Trinajstić information content (AvgIpc) is 2.53. The number of hydrogen-bond acceptors (Lipinski definition) is 5. The molecule has 0 aliphatic heterocycles. The van der Waals surface area contributed by atoms with Gasteiger partial charge in [0, 0.05) is 31.0 Å². The maximum absolute atomic E-state index is 11.5. The van der Waals surface area contributed by atoms with Crippen molar-refractivity contribution in [3.63, 3.8) is 0 Å². The number of carbonyl (C=O) groups is 1. The van der Waals surface area contributed by atoms with Crippen LogP contribution in [0.25, 0.3) is 10.9 Å². The molecule has 1 amide bonds. The minimum Gasteiger partial charge on any atom is -0.320 e. The molecular formula is C17H13ClN4O3. The molecule has 8 heteroatoms. The van der Waals surface area contributed by atoms with Gasteiger partial charge in [0.2, 0.25) is 5.91 Å². The van der Waals surface area contributed by atoms with E-state index in [9.17, 15) is 14.9 Å². The van der Waals surface area contributed by atoms with Crippen molar-refractivity contribution in [1.29, 1.82) is 0 Å². The van der Waals surface area contributed by atoms with Gasteiger partial charge < -0.3 is 5.32 Å². The number of nitro groups is 1. The van der Waals surface area contributed by atoms with Gasteiger partial charge in [0.15, 0.2) is 0 Å². The smallest absolute Gasteiger partial charge is 0.314 e. The van der Waals surface area contributed by atoms with Gasteiger partial charge in [0.1, 0.15) is 16.5 Å². The highest BCUT2D eigenvalue weighted by atomic mass is 35.5. The highest BCUT2D eigenvalue weighted by Gasteiger charge is 2.23. The zero-order valence-corrected chi connectivity index (χ0v) is 13.9. The number of amides is 1. The van der Waals surface area contributed by atoms with Crippen LogP contribution in [0.2, 0.25) is 5.15 Å². The van der Waals surface area contributed by atoms with Crippen molar-refractivity contribution in [2.75, 3.05) is 5.32 Å². The van der Waals surface area contributed by atoms with E-state index in [0.29, 0.717) is 0 Å². The number of benzene rings is 1. The van der Waals surface area contributed by atoms with Crippen molar-refractivity contribution in [2.45, 2.75) is 13.3 Å². The van der Waals surface area contributed by atoms with Crippen LogP contribution in [0.3, 0.4) is 0 Å². The fourth-order valence-corrected chi connectivity index (χ4v) is 2.81. The van der Waals surface area contributed by atoms with E-state index in [2.05, 4.69) is 15.3 Å². The number of hydrogen-bond donors (Lipinski definition) is 1. The third-order valence-corrected chi connectivity index (χ3v) is 3.76. The van der Waals surface area contributed by atoms with Crippen molar-refractivity contribution in [3.05, 3.63) is 69.1 Å². The summed E-state index contributed by atoms with van der Waals surface area (Å²) in [5.41, 5.74) is 1.62. The molecule has 0 saturated carbocycles. The fourth-order valence-electron chi connectivity index (χ4n) is 2.60. The molecule has 3 aromatic rings. The summed E-state index contributed by atoms with van der Waals surface area (Å²) >= 11 is 5.98. The first-order chi connectivity index (χ1) is 11.9. The number of anilines is 1. The first-order valence-electron chi connectivity index (χ1n) is 7.39. The highest BCUT2D eigenvalue weighted by molar-refractivity contribution is 6.29. The summed E-state index contributed by atoms with van der Waals surface area (Å²) < 4.78 is 0. The van der Waals surface area contributed by atoms with E-state index in [-0.39, 0.29) is 28.6 Å². The van der Waals surface area contributed by atoms with Gasteiger partial charge in [-0.25, -0.2) is 4.98 Å². The number of nitrogens with zero attached hydrogens (tertiary/aromatic N) is 3. The molecule has 0 spiro atoms. The summed E-state index contributed by atoms with van der Waals surface area (Å²) in [4.78, 5) is 30.6. The molecule has 2 heterocycles. The Hall–Kier alpha value is -3.06. The van der Waals surface area contributed by atoms with Crippen LogP contribution in [0.5, 0.6) is 0 Å². The number of aromatic nitrogens is 2. The van der Waals surface area contributed by atoms with Crippen molar-refractivity contribution >= 4 is 39.8 Å². The number of carbonyl (C=O) groups excluding carboxylic acids is 1. The quantitative estimate of drug-likeness (QED) is 0.436. The Balaban J connectivity index is 2.06. The predicted molar refractivity (Wildman–Crippen MR) is 94.8 cm³/mol. The Kier molecular flexibility index (Phi) is 4.58. The Labute approximate surface area is 147 Å². The molecule has 0 aliphatic carbocycles. The summed E-state index contributed by atoms with van der Waals surface area (Å²) in [5, 5.41) is 14.9. The van der Waals surface area contributed by atoms with E-state index in [1.807, 2.05) is 30.3 Å². The monoisotopic (exact) mass is 356 g/mol. The normalized spacial score (nSPS) is 10.6. The lowest BCUT2D eigenvalue weighted by Crippen LogP contribution is -2.11. The van der Waals surface area contributed by atoms with Crippen molar-refractivity contribution < 1.29 is 9.72 Å². The first kappa shape index (κ1) is 16.8. The van der Waals surface area contributed by atoms with Gasteiger partial charge in [-0.2, -0.15) is 0 Å². The van der Waals surface area contributed by atoms with Crippen LogP contribution in [0.1, 0.15) is 18.2 Å². The first-order valence-corrected chi connectivity index (χ1v) is 7.77. The molecule has 0 unspecified atom stereocenters. The standard InChI is InChI=1S/C17H13ClN4O3/c1-10(23)20-15-9-16(18)21-14(17(15)22(24)25)8-11-4-5-13-12(7-11)3-2-6-19-13/h2-7,9H,8H2,1H3,(H,20,21,23). The Morgan fingerprint density at radius 3 is 2.84 bits per heavy atom. The molecule has 25 heavy (non-hydrogen) atoms. The fraction of sp³-hybridized carbons (Fsp3) is 0.118.